The standard InChI is InChI=1S/C16H27N3O2S/c1-16(2,3)15-17-13(12-22-15)10-18-6-5-7-19(9-8-18)14(20)11-21-4/h12H,5-11H2,1-4H3. The molecule has 1 aliphatic rings. The van der Waals surface area contributed by atoms with Crippen LogP contribution in [0.15, 0.2) is 5.38 Å². The van der Waals surface area contributed by atoms with E-state index in [1.807, 2.05) is 4.90 Å². The van der Waals surface area contributed by atoms with Gasteiger partial charge in [0.2, 0.25) is 5.91 Å². The number of ether oxygens (including phenoxy) is 1. The maximum Gasteiger partial charge on any atom is 0.248 e. The quantitative estimate of drug-likeness (QED) is 0.851. The van der Waals surface area contributed by atoms with Gasteiger partial charge in [-0.3, -0.25) is 9.69 Å². The molecule has 1 fully saturated rings. The Morgan fingerprint density at radius 3 is 2.73 bits per heavy atom. The summed E-state index contributed by atoms with van der Waals surface area (Å²) in [5.41, 5.74) is 1.26. The Hall–Kier alpha value is -0.980. The fraction of sp³-hybridized carbons (Fsp3) is 0.750. The van der Waals surface area contributed by atoms with E-state index in [1.165, 1.54) is 5.01 Å². The van der Waals surface area contributed by atoms with Crippen LogP contribution in [0.5, 0.6) is 0 Å². The topological polar surface area (TPSA) is 45.7 Å². The third-order valence-corrected chi connectivity index (χ3v) is 5.10. The third-order valence-electron chi connectivity index (χ3n) is 3.79. The fourth-order valence-corrected chi connectivity index (χ4v) is 3.44. The van der Waals surface area contributed by atoms with Crippen molar-refractivity contribution in [2.75, 3.05) is 39.9 Å². The Kier molecular flexibility index (Phi) is 5.94. The second kappa shape index (κ2) is 7.53. The van der Waals surface area contributed by atoms with Gasteiger partial charge in [0.25, 0.3) is 0 Å². The lowest BCUT2D eigenvalue weighted by molar-refractivity contribution is -0.135. The largest absolute Gasteiger partial charge is 0.375 e. The number of hydrogen-bond donors (Lipinski definition) is 0. The fourth-order valence-electron chi connectivity index (χ4n) is 2.55. The minimum atomic E-state index is 0.0908. The van der Waals surface area contributed by atoms with Crippen molar-refractivity contribution >= 4 is 17.2 Å². The van der Waals surface area contributed by atoms with Gasteiger partial charge in [-0.05, 0) is 6.42 Å². The Morgan fingerprint density at radius 1 is 1.32 bits per heavy atom. The van der Waals surface area contributed by atoms with Gasteiger partial charge in [0, 0.05) is 50.6 Å². The molecular weight excluding hydrogens is 298 g/mol. The molecule has 1 saturated heterocycles. The lowest BCUT2D eigenvalue weighted by atomic mass is 9.98. The first-order valence-electron chi connectivity index (χ1n) is 7.84. The van der Waals surface area contributed by atoms with Crippen molar-refractivity contribution in [3.63, 3.8) is 0 Å². The van der Waals surface area contributed by atoms with E-state index < -0.39 is 0 Å². The van der Waals surface area contributed by atoms with Gasteiger partial charge < -0.3 is 9.64 Å². The van der Waals surface area contributed by atoms with Crippen LogP contribution in [0.2, 0.25) is 0 Å². The zero-order chi connectivity index (χ0) is 16.2. The molecule has 0 radical (unpaired) electrons. The first-order valence-corrected chi connectivity index (χ1v) is 8.72. The molecule has 2 rings (SSSR count). The molecule has 6 heteroatoms. The normalized spacial score (nSPS) is 17.5. The summed E-state index contributed by atoms with van der Waals surface area (Å²) < 4.78 is 4.94. The molecular formula is C16H27N3O2S. The van der Waals surface area contributed by atoms with Gasteiger partial charge in [0.05, 0.1) is 10.7 Å². The maximum absolute atomic E-state index is 11.9. The number of aromatic nitrogens is 1. The van der Waals surface area contributed by atoms with Gasteiger partial charge in [-0.1, -0.05) is 20.8 Å². The second-order valence-corrected chi connectivity index (χ2v) is 7.70. The van der Waals surface area contributed by atoms with Crippen molar-refractivity contribution in [2.45, 2.75) is 39.2 Å². The number of hydrogen-bond acceptors (Lipinski definition) is 5. The summed E-state index contributed by atoms with van der Waals surface area (Å²) in [6.07, 6.45) is 1.01. The van der Waals surface area contributed by atoms with E-state index in [-0.39, 0.29) is 17.9 Å². The SMILES string of the molecule is COCC(=O)N1CCCN(Cc2csc(C(C)(C)C)n2)CC1. The Morgan fingerprint density at radius 2 is 2.09 bits per heavy atom. The van der Waals surface area contributed by atoms with Gasteiger partial charge in [-0.2, -0.15) is 0 Å². The first-order chi connectivity index (χ1) is 10.4. The summed E-state index contributed by atoms with van der Waals surface area (Å²) in [7, 11) is 1.57. The van der Waals surface area contributed by atoms with Gasteiger partial charge in [0.1, 0.15) is 6.61 Å². The molecule has 0 saturated carbocycles. The van der Waals surface area contributed by atoms with Crippen LogP contribution >= 0.6 is 11.3 Å². The summed E-state index contributed by atoms with van der Waals surface area (Å²) in [6.45, 7) is 11.2. The van der Waals surface area contributed by atoms with Crippen LogP contribution in [-0.4, -0.2) is 60.6 Å². The minimum absolute atomic E-state index is 0.0908. The number of methoxy groups -OCH3 is 1. The van der Waals surface area contributed by atoms with Crippen LogP contribution in [-0.2, 0) is 21.5 Å². The van der Waals surface area contributed by atoms with Crippen LogP contribution in [0.3, 0.4) is 0 Å². The van der Waals surface area contributed by atoms with Crippen LogP contribution in [0.1, 0.15) is 37.9 Å². The van der Waals surface area contributed by atoms with Crippen molar-refractivity contribution in [3.8, 4) is 0 Å². The zero-order valence-electron chi connectivity index (χ0n) is 14.1. The molecule has 1 amide bonds. The van der Waals surface area contributed by atoms with E-state index in [9.17, 15) is 4.79 Å². The van der Waals surface area contributed by atoms with E-state index in [0.717, 1.165) is 44.8 Å². The lowest BCUT2D eigenvalue weighted by Crippen LogP contribution is -2.37. The predicted octanol–water partition coefficient (Wildman–Crippen LogP) is 2.12. The van der Waals surface area contributed by atoms with E-state index in [2.05, 4.69) is 31.1 Å². The van der Waals surface area contributed by atoms with Crippen molar-refractivity contribution in [2.24, 2.45) is 0 Å². The summed E-state index contributed by atoms with van der Waals surface area (Å²) in [4.78, 5) is 21.0. The van der Waals surface area contributed by atoms with Gasteiger partial charge in [0.15, 0.2) is 0 Å². The van der Waals surface area contributed by atoms with E-state index in [1.54, 1.807) is 18.4 Å². The third kappa shape index (κ3) is 4.76. The van der Waals surface area contributed by atoms with Crippen LogP contribution in [0, 0.1) is 0 Å². The summed E-state index contributed by atoms with van der Waals surface area (Å²) in [6, 6.07) is 0. The number of carbonyl (C=O) groups excluding carboxylic acids is 1. The molecule has 1 aromatic rings. The summed E-state index contributed by atoms with van der Waals surface area (Å²) in [5.74, 6) is 0.0908. The van der Waals surface area contributed by atoms with Crippen molar-refractivity contribution in [1.29, 1.82) is 0 Å². The number of carbonyl (C=O) groups is 1. The monoisotopic (exact) mass is 325 g/mol. The first kappa shape index (κ1) is 17.4. The Bertz CT molecular complexity index is 496. The molecule has 0 aromatic carbocycles. The second-order valence-electron chi connectivity index (χ2n) is 6.84. The molecule has 1 aliphatic heterocycles. The van der Waals surface area contributed by atoms with E-state index in [0.29, 0.717) is 0 Å². The summed E-state index contributed by atoms with van der Waals surface area (Å²) in [5, 5.41) is 3.36. The van der Waals surface area contributed by atoms with E-state index in [4.69, 9.17) is 9.72 Å². The van der Waals surface area contributed by atoms with Crippen molar-refractivity contribution < 1.29 is 9.53 Å². The molecule has 0 unspecified atom stereocenters. The van der Waals surface area contributed by atoms with Crippen LogP contribution < -0.4 is 0 Å². The Balaban J connectivity index is 1.89. The highest BCUT2D eigenvalue weighted by molar-refractivity contribution is 7.09. The molecule has 0 aliphatic carbocycles. The molecule has 0 atom stereocenters. The van der Waals surface area contributed by atoms with E-state index >= 15 is 0 Å². The van der Waals surface area contributed by atoms with Gasteiger partial charge in [-0.15, -0.1) is 11.3 Å². The molecule has 0 N–H and O–H groups in total. The van der Waals surface area contributed by atoms with Gasteiger partial charge in [-0.25, -0.2) is 4.98 Å². The predicted molar refractivity (Wildman–Crippen MR) is 89.2 cm³/mol. The molecule has 0 bridgehead atoms. The molecule has 22 heavy (non-hydrogen) atoms. The maximum atomic E-state index is 11.9. The number of rotatable bonds is 4. The minimum Gasteiger partial charge on any atom is -0.375 e. The Labute approximate surface area is 137 Å². The molecule has 124 valence electrons. The number of nitrogens with zero attached hydrogens (tertiary/aromatic N) is 3. The summed E-state index contributed by atoms with van der Waals surface area (Å²) >= 11 is 1.74. The van der Waals surface area contributed by atoms with Crippen LogP contribution in [0.25, 0.3) is 0 Å². The smallest absolute Gasteiger partial charge is 0.248 e. The zero-order valence-corrected chi connectivity index (χ0v) is 14.9. The molecule has 0 spiro atoms. The highest BCUT2D eigenvalue weighted by atomic mass is 32.1. The molecule has 1 aromatic heterocycles. The average Bonchev–Trinajstić information content (AvgIpc) is 2.78. The number of thiazole rings is 1. The van der Waals surface area contributed by atoms with Gasteiger partial charge >= 0.3 is 0 Å². The highest BCUT2D eigenvalue weighted by Crippen LogP contribution is 2.26. The molecule has 2 heterocycles. The van der Waals surface area contributed by atoms with Crippen molar-refractivity contribution in [3.05, 3.63) is 16.1 Å². The van der Waals surface area contributed by atoms with Crippen LogP contribution in [0.4, 0.5) is 0 Å². The molecule has 5 nitrogen and oxygen atoms in total. The highest BCUT2D eigenvalue weighted by Gasteiger charge is 2.21. The lowest BCUT2D eigenvalue weighted by Gasteiger charge is -2.21. The average molecular weight is 325 g/mol. The number of amides is 1. The van der Waals surface area contributed by atoms with Crippen molar-refractivity contribution in [1.82, 2.24) is 14.8 Å².